The molecule has 3 heteroatoms. The monoisotopic (exact) mass is 183 g/mol. The highest BCUT2D eigenvalue weighted by molar-refractivity contribution is 4.94. The highest BCUT2D eigenvalue weighted by atomic mass is 15.3. The van der Waals surface area contributed by atoms with Crippen LogP contribution < -0.4 is 5.73 Å². The first-order chi connectivity index (χ1) is 6.22. The van der Waals surface area contributed by atoms with E-state index in [9.17, 15) is 0 Å². The van der Waals surface area contributed by atoms with Crippen LogP contribution in [0.5, 0.6) is 0 Å². The summed E-state index contributed by atoms with van der Waals surface area (Å²) in [4.78, 5) is 5.06. The van der Waals surface area contributed by atoms with Gasteiger partial charge < -0.3 is 5.73 Å². The number of rotatable bonds is 2. The number of hydrogen-bond donors (Lipinski definition) is 1. The molecular formula is C10H21N3. The first-order valence-corrected chi connectivity index (χ1v) is 5.38. The molecule has 0 bridgehead atoms. The lowest BCUT2D eigenvalue weighted by molar-refractivity contribution is 0.0502. The molecule has 3 nitrogen and oxygen atoms in total. The van der Waals surface area contributed by atoms with Crippen LogP contribution in [0.1, 0.15) is 19.8 Å². The third kappa shape index (κ3) is 1.87. The molecule has 1 aliphatic heterocycles. The summed E-state index contributed by atoms with van der Waals surface area (Å²) >= 11 is 0. The Balaban J connectivity index is 1.96. The quantitative estimate of drug-likeness (QED) is 0.659. The average Bonchev–Trinajstić information content (AvgIpc) is 2.88. The molecule has 2 N–H and O–H groups in total. The zero-order valence-electron chi connectivity index (χ0n) is 8.74. The molecule has 1 heterocycles. The number of likely N-dealkylation sites (N-methyl/N-ethyl adjacent to an activating group) is 1. The van der Waals surface area contributed by atoms with Crippen LogP contribution in [0.3, 0.4) is 0 Å². The second-order valence-electron chi connectivity index (χ2n) is 4.61. The molecule has 0 amide bonds. The van der Waals surface area contributed by atoms with Crippen molar-refractivity contribution in [3.8, 4) is 0 Å². The number of nitrogens with zero attached hydrogens (tertiary/aromatic N) is 2. The van der Waals surface area contributed by atoms with E-state index in [4.69, 9.17) is 5.73 Å². The fraction of sp³-hybridized carbons (Fsp3) is 1.00. The predicted molar refractivity (Wildman–Crippen MR) is 54.7 cm³/mol. The maximum atomic E-state index is 5.75. The van der Waals surface area contributed by atoms with E-state index in [1.54, 1.807) is 0 Å². The number of piperazine rings is 1. The van der Waals surface area contributed by atoms with Crippen LogP contribution in [0, 0.1) is 0 Å². The van der Waals surface area contributed by atoms with Gasteiger partial charge >= 0.3 is 0 Å². The smallest absolute Gasteiger partial charge is 0.0343 e. The van der Waals surface area contributed by atoms with Crippen LogP contribution in [0.2, 0.25) is 0 Å². The van der Waals surface area contributed by atoms with E-state index in [-0.39, 0.29) is 0 Å². The summed E-state index contributed by atoms with van der Waals surface area (Å²) in [6.45, 7) is 5.49. The van der Waals surface area contributed by atoms with Crippen LogP contribution in [-0.2, 0) is 0 Å². The van der Waals surface area contributed by atoms with E-state index < -0.39 is 0 Å². The Kier molecular flexibility index (Phi) is 2.58. The molecule has 0 aromatic carbocycles. The molecule has 0 spiro atoms. The van der Waals surface area contributed by atoms with Crippen molar-refractivity contribution in [2.24, 2.45) is 5.73 Å². The molecule has 2 fully saturated rings. The maximum absolute atomic E-state index is 5.75. The second kappa shape index (κ2) is 3.56. The van der Waals surface area contributed by atoms with E-state index in [1.165, 1.54) is 25.9 Å². The SMILES string of the molecule is CC1CN(C)C(CN)CN1C1CC1. The Hall–Kier alpha value is -0.120. The van der Waals surface area contributed by atoms with E-state index in [1.807, 2.05) is 0 Å². The summed E-state index contributed by atoms with van der Waals surface area (Å²) in [6, 6.07) is 2.19. The summed E-state index contributed by atoms with van der Waals surface area (Å²) in [5.41, 5.74) is 5.75. The molecule has 2 aliphatic rings. The van der Waals surface area contributed by atoms with Gasteiger partial charge in [-0.1, -0.05) is 0 Å². The van der Waals surface area contributed by atoms with Gasteiger partial charge in [0.2, 0.25) is 0 Å². The van der Waals surface area contributed by atoms with Crippen molar-refractivity contribution < 1.29 is 0 Å². The molecule has 1 saturated heterocycles. The highest BCUT2D eigenvalue weighted by Gasteiger charge is 2.37. The molecule has 1 saturated carbocycles. The first-order valence-electron chi connectivity index (χ1n) is 5.38. The van der Waals surface area contributed by atoms with Crippen molar-refractivity contribution in [1.29, 1.82) is 0 Å². The van der Waals surface area contributed by atoms with Crippen molar-refractivity contribution in [2.45, 2.75) is 37.9 Å². The highest BCUT2D eigenvalue weighted by Crippen LogP contribution is 2.30. The third-order valence-corrected chi connectivity index (χ3v) is 3.45. The van der Waals surface area contributed by atoms with Gasteiger partial charge in [-0.2, -0.15) is 0 Å². The van der Waals surface area contributed by atoms with E-state index in [0.717, 1.165) is 18.6 Å². The van der Waals surface area contributed by atoms with Gasteiger partial charge in [0, 0.05) is 37.8 Å². The summed E-state index contributed by atoms with van der Waals surface area (Å²) in [7, 11) is 2.19. The van der Waals surface area contributed by atoms with Gasteiger partial charge in [-0.3, -0.25) is 9.80 Å². The Morgan fingerprint density at radius 3 is 2.54 bits per heavy atom. The minimum atomic E-state index is 0.580. The summed E-state index contributed by atoms with van der Waals surface area (Å²) < 4.78 is 0. The van der Waals surface area contributed by atoms with Gasteiger partial charge in [0.05, 0.1) is 0 Å². The minimum absolute atomic E-state index is 0.580. The van der Waals surface area contributed by atoms with E-state index >= 15 is 0 Å². The Bertz CT molecular complexity index is 179. The molecule has 0 aromatic rings. The predicted octanol–water partition coefficient (Wildman–Crippen LogP) is 0.112. The van der Waals surface area contributed by atoms with Crippen LogP contribution in [0.25, 0.3) is 0 Å². The largest absolute Gasteiger partial charge is 0.329 e. The minimum Gasteiger partial charge on any atom is -0.329 e. The van der Waals surface area contributed by atoms with Gasteiger partial charge in [0.15, 0.2) is 0 Å². The van der Waals surface area contributed by atoms with Crippen molar-refractivity contribution in [3.05, 3.63) is 0 Å². The van der Waals surface area contributed by atoms with Crippen LogP contribution >= 0.6 is 0 Å². The lowest BCUT2D eigenvalue weighted by Crippen LogP contribution is -2.58. The zero-order valence-corrected chi connectivity index (χ0v) is 8.74. The van der Waals surface area contributed by atoms with Crippen LogP contribution in [0.15, 0.2) is 0 Å². The molecule has 2 atom stereocenters. The number of hydrogen-bond acceptors (Lipinski definition) is 3. The molecule has 1 aliphatic carbocycles. The Labute approximate surface area is 80.9 Å². The van der Waals surface area contributed by atoms with Gasteiger partial charge in [0.1, 0.15) is 0 Å². The Morgan fingerprint density at radius 2 is 2.00 bits per heavy atom. The van der Waals surface area contributed by atoms with Gasteiger partial charge in [-0.15, -0.1) is 0 Å². The normalized spacial score (nSPS) is 38.1. The second-order valence-corrected chi connectivity index (χ2v) is 4.61. The third-order valence-electron chi connectivity index (χ3n) is 3.45. The number of nitrogens with two attached hydrogens (primary N) is 1. The fourth-order valence-corrected chi connectivity index (χ4v) is 2.40. The molecule has 2 rings (SSSR count). The fourth-order valence-electron chi connectivity index (χ4n) is 2.40. The van der Waals surface area contributed by atoms with Crippen molar-refractivity contribution in [3.63, 3.8) is 0 Å². The first kappa shape index (κ1) is 9.44. The average molecular weight is 183 g/mol. The van der Waals surface area contributed by atoms with Gasteiger partial charge in [0.25, 0.3) is 0 Å². The summed E-state index contributed by atoms with van der Waals surface area (Å²) in [5, 5.41) is 0. The molecule has 13 heavy (non-hydrogen) atoms. The van der Waals surface area contributed by atoms with Crippen molar-refractivity contribution in [2.75, 3.05) is 26.7 Å². The van der Waals surface area contributed by atoms with Crippen LogP contribution in [-0.4, -0.2) is 54.6 Å². The van der Waals surface area contributed by atoms with Crippen molar-refractivity contribution in [1.82, 2.24) is 9.80 Å². The van der Waals surface area contributed by atoms with Gasteiger partial charge in [-0.25, -0.2) is 0 Å². The summed E-state index contributed by atoms with van der Waals surface area (Å²) in [5.74, 6) is 0. The van der Waals surface area contributed by atoms with E-state index in [0.29, 0.717) is 6.04 Å². The van der Waals surface area contributed by atoms with Crippen molar-refractivity contribution >= 4 is 0 Å². The molecule has 0 aromatic heterocycles. The van der Waals surface area contributed by atoms with E-state index in [2.05, 4.69) is 23.8 Å². The summed E-state index contributed by atoms with van der Waals surface area (Å²) in [6.07, 6.45) is 2.82. The maximum Gasteiger partial charge on any atom is 0.0343 e. The topological polar surface area (TPSA) is 32.5 Å². The molecular weight excluding hydrogens is 162 g/mol. The molecule has 2 unspecified atom stereocenters. The standard InChI is InChI=1S/C10H21N3/c1-8-6-12(2)10(5-11)7-13(8)9-3-4-9/h8-10H,3-7,11H2,1-2H3. The lowest BCUT2D eigenvalue weighted by atomic mass is 10.1. The molecule has 0 radical (unpaired) electrons. The van der Waals surface area contributed by atoms with Gasteiger partial charge in [-0.05, 0) is 26.8 Å². The zero-order chi connectivity index (χ0) is 9.42. The van der Waals surface area contributed by atoms with Crippen LogP contribution in [0.4, 0.5) is 0 Å². The lowest BCUT2D eigenvalue weighted by Gasteiger charge is -2.43. The Morgan fingerprint density at radius 1 is 1.31 bits per heavy atom. The molecule has 76 valence electrons.